The summed E-state index contributed by atoms with van der Waals surface area (Å²) >= 11 is 0. The van der Waals surface area contributed by atoms with Crippen LogP contribution in [-0.4, -0.2) is 42.5 Å². The number of rotatable bonds is 7. The lowest BCUT2D eigenvalue weighted by atomic mass is 10.1. The summed E-state index contributed by atoms with van der Waals surface area (Å²) in [5, 5.41) is 16.3. The first kappa shape index (κ1) is 24.6. The van der Waals surface area contributed by atoms with Crippen LogP contribution in [-0.2, 0) is 6.18 Å². The molecule has 172 valence electrons. The molecule has 1 aromatic heterocycles. The van der Waals surface area contributed by atoms with Gasteiger partial charge in [0.05, 0.1) is 22.5 Å². The molecule has 2 aromatic rings. The summed E-state index contributed by atoms with van der Waals surface area (Å²) in [6.07, 6.45) is -2.68. The third-order valence-electron chi connectivity index (χ3n) is 4.17. The van der Waals surface area contributed by atoms with Crippen LogP contribution in [0.4, 0.5) is 34.8 Å². The predicted molar refractivity (Wildman–Crippen MR) is 113 cm³/mol. The van der Waals surface area contributed by atoms with Crippen LogP contribution < -0.4 is 21.7 Å². The normalized spacial score (nSPS) is 12.5. The van der Waals surface area contributed by atoms with Gasteiger partial charge in [-0.2, -0.15) is 13.2 Å². The Hall–Kier alpha value is -3.67. The van der Waals surface area contributed by atoms with Crippen LogP contribution in [0.5, 0.6) is 0 Å². The molecule has 0 aliphatic carbocycles. The van der Waals surface area contributed by atoms with Gasteiger partial charge in [-0.15, -0.1) is 0 Å². The number of anilines is 3. The molecule has 0 atom stereocenters. The van der Waals surface area contributed by atoms with Gasteiger partial charge in [0, 0.05) is 45.1 Å². The highest BCUT2D eigenvalue weighted by Crippen LogP contribution is 2.37. The number of amidine groups is 1. The number of pyridine rings is 1. The summed E-state index contributed by atoms with van der Waals surface area (Å²) in [5.74, 6) is -1.47. The van der Waals surface area contributed by atoms with Gasteiger partial charge in [-0.05, 0) is 18.2 Å². The van der Waals surface area contributed by atoms with Crippen LogP contribution in [0, 0.1) is 5.82 Å². The Bertz CT molecular complexity index is 1040. The fraction of sp³-hybridized carbons (Fsp3) is 0.250. The van der Waals surface area contributed by atoms with E-state index in [1.807, 2.05) is 0 Å². The van der Waals surface area contributed by atoms with Crippen LogP contribution in [0.3, 0.4) is 0 Å². The third kappa shape index (κ3) is 6.17. The average molecular weight is 454 g/mol. The first-order valence-corrected chi connectivity index (χ1v) is 9.26. The molecule has 12 heteroatoms. The minimum atomic E-state index is -4.81. The maximum absolute atomic E-state index is 14.4. The van der Waals surface area contributed by atoms with E-state index in [2.05, 4.69) is 25.9 Å². The standard InChI is InChI=1S/C20H22F4N6O2/c1-26-16(8-11(25)6-7-31)30-17-9-15(13(10-28-17)20(22,23)24)29-18-12(19(32)27-2)4-3-5-14(18)21/h3-5,8-10,31H,6-7,25H2,1-2H3,(H,27,32)(H2,26,28,29,30). The number of aliphatic hydroxyl groups excluding tert-OH is 1. The van der Waals surface area contributed by atoms with E-state index < -0.39 is 34.8 Å². The Labute approximate surface area is 181 Å². The lowest BCUT2D eigenvalue weighted by Crippen LogP contribution is -2.20. The number of carbonyl (C=O) groups is 1. The van der Waals surface area contributed by atoms with Gasteiger partial charge in [-0.25, -0.2) is 9.37 Å². The number of hydrogen-bond donors (Lipinski definition) is 5. The van der Waals surface area contributed by atoms with Crippen molar-refractivity contribution in [3.63, 3.8) is 0 Å². The largest absolute Gasteiger partial charge is 0.419 e. The number of carbonyl (C=O) groups excluding carboxylic acids is 1. The van der Waals surface area contributed by atoms with Crippen molar-refractivity contribution >= 4 is 28.9 Å². The zero-order chi connectivity index (χ0) is 23.9. The van der Waals surface area contributed by atoms with Crippen molar-refractivity contribution in [3.8, 4) is 0 Å². The van der Waals surface area contributed by atoms with Gasteiger partial charge < -0.3 is 26.8 Å². The van der Waals surface area contributed by atoms with Crippen LogP contribution in [0.1, 0.15) is 22.3 Å². The maximum Gasteiger partial charge on any atom is 0.419 e. The van der Waals surface area contributed by atoms with Gasteiger partial charge in [-0.1, -0.05) is 6.07 Å². The molecule has 6 N–H and O–H groups in total. The number of aliphatic imine (C=N–C) groups is 1. The van der Waals surface area contributed by atoms with E-state index in [-0.39, 0.29) is 35.9 Å². The summed E-state index contributed by atoms with van der Waals surface area (Å²) in [7, 11) is 2.73. The number of para-hydroxylation sites is 1. The fourth-order valence-electron chi connectivity index (χ4n) is 2.63. The number of nitrogens with zero attached hydrogens (tertiary/aromatic N) is 2. The Balaban J connectivity index is 2.51. The van der Waals surface area contributed by atoms with Gasteiger partial charge >= 0.3 is 6.18 Å². The maximum atomic E-state index is 14.4. The van der Waals surface area contributed by atoms with Crippen molar-refractivity contribution < 1.29 is 27.5 Å². The number of aliphatic hydroxyl groups is 1. The minimum Gasteiger partial charge on any atom is -0.402 e. The smallest absolute Gasteiger partial charge is 0.402 e. The lowest BCUT2D eigenvalue weighted by Gasteiger charge is -2.18. The molecule has 0 radical (unpaired) electrons. The monoisotopic (exact) mass is 454 g/mol. The van der Waals surface area contributed by atoms with Gasteiger partial charge in [0.25, 0.3) is 5.91 Å². The second-order valence-corrected chi connectivity index (χ2v) is 6.41. The highest BCUT2D eigenvalue weighted by atomic mass is 19.4. The van der Waals surface area contributed by atoms with Crippen molar-refractivity contribution in [1.29, 1.82) is 0 Å². The van der Waals surface area contributed by atoms with E-state index in [0.717, 1.165) is 12.1 Å². The van der Waals surface area contributed by atoms with E-state index in [0.29, 0.717) is 6.20 Å². The summed E-state index contributed by atoms with van der Waals surface area (Å²) in [6, 6.07) is 4.56. The van der Waals surface area contributed by atoms with Crippen molar-refractivity contribution in [2.24, 2.45) is 10.7 Å². The average Bonchev–Trinajstić information content (AvgIpc) is 2.73. The molecule has 0 bridgehead atoms. The lowest BCUT2D eigenvalue weighted by molar-refractivity contribution is -0.137. The van der Waals surface area contributed by atoms with Gasteiger partial charge in [0.15, 0.2) is 0 Å². The number of amides is 1. The summed E-state index contributed by atoms with van der Waals surface area (Å²) in [6.45, 7) is -0.192. The van der Waals surface area contributed by atoms with Crippen molar-refractivity contribution in [2.75, 3.05) is 31.3 Å². The van der Waals surface area contributed by atoms with Crippen molar-refractivity contribution in [1.82, 2.24) is 10.3 Å². The Morgan fingerprint density at radius 2 is 2.06 bits per heavy atom. The fourth-order valence-corrected chi connectivity index (χ4v) is 2.63. The molecule has 0 fully saturated rings. The number of alkyl halides is 3. The number of hydrogen-bond acceptors (Lipinski definition) is 6. The molecular weight excluding hydrogens is 432 g/mol. The van der Waals surface area contributed by atoms with Crippen molar-refractivity contribution in [3.05, 3.63) is 59.2 Å². The molecule has 0 aliphatic heterocycles. The van der Waals surface area contributed by atoms with Gasteiger partial charge in [0.2, 0.25) is 0 Å². The highest BCUT2D eigenvalue weighted by molar-refractivity contribution is 6.04. The molecule has 0 aliphatic rings. The molecule has 8 nitrogen and oxygen atoms in total. The van der Waals surface area contributed by atoms with Crippen LogP contribution in [0.25, 0.3) is 0 Å². The second-order valence-electron chi connectivity index (χ2n) is 6.41. The zero-order valence-corrected chi connectivity index (χ0v) is 17.2. The summed E-state index contributed by atoms with van der Waals surface area (Å²) in [5.41, 5.74) is 3.70. The van der Waals surface area contributed by atoms with E-state index >= 15 is 0 Å². The van der Waals surface area contributed by atoms with E-state index in [9.17, 15) is 22.4 Å². The van der Waals surface area contributed by atoms with Gasteiger partial charge in [0.1, 0.15) is 17.5 Å². The summed E-state index contributed by atoms with van der Waals surface area (Å²) < 4.78 is 55.1. The molecule has 0 saturated heterocycles. The number of aromatic nitrogens is 1. The Kier molecular flexibility index (Phi) is 8.13. The molecule has 1 amide bonds. The SMILES string of the molecule is CN=C(C=C(N)CCO)Nc1cc(Nc2c(F)cccc2C(=O)NC)c(C(F)(F)F)cn1. The topological polar surface area (TPSA) is 125 Å². The predicted octanol–water partition coefficient (Wildman–Crippen LogP) is 3.01. The Morgan fingerprint density at radius 1 is 1.34 bits per heavy atom. The van der Waals surface area contributed by atoms with E-state index in [4.69, 9.17) is 10.8 Å². The van der Waals surface area contributed by atoms with Crippen LogP contribution in [0.2, 0.25) is 0 Å². The van der Waals surface area contributed by atoms with Gasteiger partial charge in [-0.3, -0.25) is 9.79 Å². The van der Waals surface area contributed by atoms with E-state index in [1.165, 1.54) is 32.3 Å². The molecule has 0 unspecified atom stereocenters. The molecule has 1 aromatic carbocycles. The number of benzene rings is 1. The first-order valence-electron chi connectivity index (χ1n) is 9.26. The minimum absolute atomic E-state index is 0.0491. The zero-order valence-electron chi connectivity index (χ0n) is 17.2. The molecule has 0 spiro atoms. The number of nitrogens with two attached hydrogens (primary N) is 1. The Morgan fingerprint density at radius 3 is 2.66 bits per heavy atom. The molecule has 0 saturated carbocycles. The highest BCUT2D eigenvalue weighted by Gasteiger charge is 2.35. The van der Waals surface area contributed by atoms with Crippen molar-refractivity contribution in [2.45, 2.75) is 12.6 Å². The third-order valence-corrected chi connectivity index (χ3v) is 4.17. The first-order chi connectivity index (χ1) is 15.1. The van der Waals surface area contributed by atoms with Crippen LogP contribution in [0.15, 0.2) is 47.2 Å². The number of halogens is 4. The second kappa shape index (κ2) is 10.6. The van der Waals surface area contributed by atoms with E-state index in [1.54, 1.807) is 0 Å². The molecule has 1 heterocycles. The quantitative estimate of drug-likeness (QED) is 0.249. The summed E-state index contributed by atoms with van der Waals surface area (Å²) in [4.78, 5) is 19.7. The molecular formula is C20H22F4N6O2. The number of nitrogens with one attached hydrogen (secondary N) is 3. The molecule has 32 heavy (non-hydrogen) atoms. The molecule has 2 rings (SSSR count). The van der Waals surface area contributed by atoms with Crippen LogP contribution >= 0.6 is 0 Å².